The van der Waals surface area contributed by atoms with Gasteiger partial charge in [-0.05, 0) is 24.6 Å². The van der Waals surface area contributed by atoms with E-state index in [2.05, 4.69) is 15.9 Å². The number of carbonyl (C=O) groups is 1. The van der Waals surface area contributed by atoms with Gasteiger partial charge in [-0.2, -0.15) is 0 Å². The monoisotopic (exact) mass is 246 g/mol. The molecule has 0 amide bonds. The zero-order valence-corrected chi connectivity index (χ0v) is 8.51. The molecule has 0 spiro atoms. The standard InChI is InChI=1S/C9H8BrFO2/c1-5(10)6-2-3-7(9(12)13)8(11)4-6/h2-5H,1H3,(H,12,13). The highest BCUT2D eigenvalue weighted by Gasteiger charge is 2.11. The van der Waals surface area contributed by atoms with Gasteiger partial charge in [0.2, 0.25) is 0 Å². The number of rotatable bonds is 2. The number of benzene rings is 1. The third-order valence-electron chi connectivity index (χ3n) is 1.68. The van der Waals surface area contributed by atoms with E-state index in [1.807, 2.05) is 6.92 Å². The van der Waals surface area contributed by atoms with Gasteiger partial charge >= 0.3 is 5.97 Å². The molecule has 4 heteroatoms. The molecule has 1 unspecified atom stereocenters. The van der Waals surface area contributed by atoms with Crippen molar-refractivity contribution in [1.82, 2.24) is 0 Å². The Morgan fingerprint density at radius 1 is 1.62 bits per heavy atom. The molecule has 0 aliphatic heterocycles. The molecule has 1 atom stereocenters. The second-order valence-corrected chi connectivity index (χ2v) is 4.03. The van der Waals surface area contributed by atoms with Crippen molar-refractivity contribution in [1.29, 1.82) is 0 Å². The highest BCUT2D eigenvalue weighted by atomic mass is 79.9. The number of hydrogen-bond donors (Lipinski definition) is 1. The van der Waals surface area contributed by atoms with Crippen molar-refractivity contribution in [2.24, 2.45) is 0 Å². The van der Waals surface area contributed by atoms with Crippen LogP contribution in [0.3, 0.4) is 0 Å². The summed E-state index contributed by atoms with van der Waals surface area (Å²) in [4.78, 5) is 10.5. The Balaban J connectivity index is 3.13. The number of halogens is 2. The molecular weight excluding hydrogens is 239 g/mol. The van der Waals surface area contributed by atoms with Crippen LogP contribution in [0.4, 0.5) is 4.39 Å². The van der Waals surface area contributed by atoms with Crippen molar-refractivity contribution in [3.63, 3.8) is 0 Å². The third kappa shape index (κ3) is 2.28. The van der Waals surface area contributed by atoms with Crippen LogP contribution in [0.15, 0.2) is 18.2 Å². The molecule has 2 nitrogen and oxygen atoms in total. The summed E-state index contributed by atoms with van der Waals surface area (Å²) in [5.74, 6) is -1.94. The minimum absolute atomic E-state index is 0.0184. The van der Waals surface area contributed by atoms with E-state index in [1.54, 1.807) is 6.07 Å². The normalized spacial score (nSPS) is 12.5. The zero-order chi connectivity index (χ0) is 10.0. The van der Waals surface area contributed by atoms with E-state index < -0.39 is 11.8 Å². The van der Waals surface area contributed by atoms with Gasteiger partial charge in [-0.1, -0.05) is 22.0 Å². The number of carboxylic acids is 1. The molecule has 0 fully saturated rings. The first-order valence-corrected chi connectivity index (χ1v) is 4.60. The first-order valence-electron chi connectivity index (χ1n) is 3.69. The highest BCUT2D eigenvalue weighted by molar-refractivity contribution is 9.09. The Morgan fingerprint density at radius 2 is 2.23 bits per heavy atom. The van der Waals surface area contributed by atoms with Gasteiger partial charge in [0.15, 0.2) is 0 Å². The molecule has 1 aromatic carbocycles. The molecule has 0 bridgehead atoms. The van der Waals surface area contributed by atoms with Gasteiger partial charge in [-0.15, -0.1) is 0 Å². The average molecular weight is 247 g/mol. The van der Waals surface area contributed by atoms with Crippen molar-refractivity contribution in [3.05, 3.63) is 35.1 Å². The summed E-state index contributed by atoms with van der Waals surface area (Å²) < 4.78 is 13.1. The Bertz CT molecular complexity index is 336. The molecule has 0 aromatic heterocycles. The Hall–Kier alpha value is -0.900. The molecule has 13 heavy (non-hydrogen) atoms. The lowest BCUT2D eigenvalue weighted by molar-refractivity contribution is 0.0692. The third-order valence-corrected chi connectivity index (χ3v) is 2.21. The maximum Gasteiger partial charge on any atom is 0.338 e. The topological polar surface area (TPSA) is 37.3 Å². The fraction of sp³-hybridized carbons (Fsp3) is 0.222. The molecule has 1 rings (SSSR count). The van der Waals surface area contributed by atoms with Crippen LogP contribution >= 0.6 is 15.9 Å². The zero-order valence-electron chi connectivity index (χ0n) is 6.92. The first-order chi connectivity index (χ1) is 6.02. The quantitative estimate of drug-likeness (QED) is 0.815. The van der Waals surface area contributed by atoms with E-state index >= 15 is 0 Å². The minimum Gasteiger partial charge on any atom is -0.478 e. The summed E-state index contributed by atoms with van der Waals surface area (Å²) in [6.07, 6.45) is 0. The van der Waals surface area contributed by atoms with Crippen LogP contribution in [0, 0.1) is 5.82 Å². The molecule has 0 saturated heterocycles. The summed E-state index contributed by atoms with van der Waals surface area (Å²) in [6.45, 7) is 1.84. The molecule has 0 saturated carbocycles. The molecule has 1 aromatic rings. The van der Waals surface area contributed by atoms with Crippen molar-refractivity contribution in [2.75, 3.05) is 0 Å². The van der Waals surface area contributed by atoms with Gasteiger partial charge < -0.3 is 5.11 Å². The van der Waals surface area contributed by atoms with Crippen molar-refractivity contribution in [2.45, 2.75) is 11.8 Å². The van der Waals surface area contributed by atoms with Crippen LogP contribution in [0.5, 0.6) is 0 Å². The van der Waals surface area contributed by atoms with Gasteiger partial charge in [-0.3, -0.25) is 0 Å². The van der Waals surface area contributed by atoms with Crippen molar-refractivity contribution < 1.29 is 14.3 Å². The van der Waals surface area contributed by atoms with Gasteiger partial charge in [-0.25, -0.2) is 9.18 Å². The van der Waals surface area contributed by atoms with Gasteiger partial charge in [0.25, 0.3) is 0 Å². The lowest BCUT2D eigenvalue weighted by Crippen LogP contribution is -2.01. The fourth-order valence-electron chi connectivity index (χ4n) is 0.952. The summed E-state index contributed by atoms with van der Waals surface area (Å²) in [5.41, 5.74) is 0.430. The summed E-state index contributed by atoms with van der Waals surface area (Å²) in [6, 6.07) is 4.08. The van der Waals surface area contributed by atoms with E-state index in [-0.39, 0.29) is 10.4 Å². The smallest absolute Gasteiger partial charge is 0.338 e. The second kappa shape index (κ2) is 3.87. The maximum atomic E-state index is 13.1. The van der Waals surface area contributed by atoms with Crippen molar-refractivity contribution >= 4 is 21.9 Å². The van der Waals surface area contributed by atoms with Crippen molar-refractivity contribution in [3.8, 4) is 0 Å². The van der Waals surface area contributed by atoms with Gasteiger partial charge in [0.1, 0.15) is 5.82 Å². The average Bonchev–Trinajstić information content (AvgIpc) is 2.03. The molecule has 0 heterocycles. The van der Waals surface area contributed by atoms with E-state index in [0.29, 0.717) is 0 Å². The second-order valence-electron chi connectivity index (χ2n) is 2.66. The Labute approximate surface area is 83.5 Å². The van der Waals surface area contributed by atoms with E-state index in [0.717, 1.165) is 5.56 Å². The molecular formula is C9H8BrFO2. The number of aromatic carboxylic acids is 1. The summed E-state index contributed by atoms with van der Waals surface area (Å²) in [7, 11) is 0. The predicted molar refractivity (Wildman–Crippen MR) is 50.7 cm³/mol. The molecule has 0 aliphatic rings. The van der Waals surface area contributed by atoms with E-state index in [1.165, 1.54) is 12.1 Å². The van der Waals surface area contributed by atoms with Crippen LogP contribution in [0.1, 0.15) is 27.7 Å². The highest BCUT2D eigenvalue weighted by Crippen LogP contribution is 2.23. The summed E-state index contributed by atoms with van der Waals surface area (Å²) in [5, 5.41) is 8.54. The largest absolute Gasteiger partial charge is 0.478 e. The number of hydrogen-bond acceptors (Lipinski definition) is 1. The van der Waals surface area contributed by atoms with E-state index in [9.17, 15) is 9.18 Å². The molecule has 0 radical (unpaired) electrons. The van der Waals surface area contributed by atoms with Crippen LogP contribution < -0.4 is 0 Å². The van der Waals surface area contributed by atoms with Crippen LogP contribution in [-0.2, 0) is 0 Å². The molecule has 1 N–H and O–H groups in total. The lowest BCUT2D eigenvalue weighted by Gasteiger charge is -2.04. The SMILES string of the molecule is CC(Br)c1ccc(C(=O)O)c(F)c1. The van der Waals surface area contributed by atoms with E-state index in [4.69, 9.17) is 5.11 Å². The minimum atomic E-state index is -1.24. The van der Waals surface area contributed by atoms with Gasteiger partial charge in [0.05, 0.1) is 5.56 Å². The lowest BCUT2D eigenvalue weighted by atomic mass is 10.1. The summed E-state index contributed by atoms with van der Waals surface area (Å²) >= 11 is 3.26. The maximum absolute atomic E-state index is 13.1. The first kappa shape index (κ1) is 10.2. The Morgan fingerprint density at radius 3 is 2.62 bits per heavy atom. The Kier molecular flexibility index (Phi) is 3.03. The molecule has 70 valence electrons. The van der Waals surface area contributed by atoms with Crippen LogP contribution in [0.25, 0.3) is 0 Å². The molecule has 0 aliphatic carbocycles. The number of carboxylic acid groups (broad SMARTS) is 1. The van der Waals surface area contributed by atoms with Crippen LogP contribution in [-0.4, -0.2) is 11.1 Å². The predicted octanol–water partition coefficient (Wildman–Crippen LogP) is 2.98. The van der Waals surface area contributed by atoms with Gasteiger partial charge in [0, 0.05) is 4.83 Å². The number of alkyl halides is 1. The van der Waals surface area contributed by atoms with Crippen LogP contribution in [0.2, 0.25) is 0 Å². The fourth-order valence-corrected chi connectivity index (χ4v) is 1.24.